The van der Waals surface area contributed by atoms with Crippen LogP contribution in [0, 0.1) is 5.92 Å². The van der Waals surface area contributed by atoms with Crippen LogP contribution < -0.4 is 0 Å². The number of hydrogen-bond donors (Lipinski definition) is 3. The summed E-state index contributed by atoms with van der Waals surface area (Å²) in [5.74, 6) is -3.31. The Kier molecular flexibility index (Phi) is 6.96. The zero-order chi connectivity index (χ0) is 14.3. The second-order valence-corrected chi connectivity index (χ2v) is 4.49. The fourth-order valence-corrected chi connectivity index (χ4v) is 1.61. The van der Waals surface area contributed by atoms with Gasteiger partial charge in [0.15, 0.2) is 0 Å². The highest BCUT2D eigenvalue weighted by molar-refractivity contribution is 5.76. The summed E-state index contributed by atoms with van der Waals surface area (Å²) in [6.45, 7) is 3.08. The Morgan fingerprint density at radius 1 is 1.06 bits per heavy atom. The van der Waals surface area contributed by atoms with Gasteiger partial charge in [0.25, 0.3) is 0 Å². The minimum Gasteiger partial charge on any atom is -0.481 e. The molecule has 0 aromatic heterocycles. The van der Waals surface area contributed by atoms with Gasteiger partial charge in [0.1, 0.15) is 6.04 Å². The number of carbonyl (C=O) groups is 3. The summed E-state index contributed by atoms with van der Waals surface area (Å²) in [7, 11) is 0. The minimum atomic E-state index is -1.17. The summed E-state index contributed by atoms with van der Waals surface area (Å²) in [4.78, 5) is 33.5. The molecule has 1 unspecified atom stereocenters. The summed E-state index contributed by atoms with van der Waals surface area (Å²) in [6.07, 6.45) is -0.00259. The summed E-state index contributed by atoms with van der Waals surface area (Å²) < 4.78 is 0. The number of nitrogens with zero attached hydrogens (tertiary/aromatic N) is 1. The first-order valence-electron chi connectivity index (χ1n) is 5.64. The van der Waals surface area contributed by atoms with Crippen LogP contribution in [0.4, 0.5) is 0 Å². The van der Waals surface area contributed by atoms with Gasteiger partial charge in [0.05, 0.1) is 13.0 Å². The second kappa shape index (κ2) is 7.65. The normalized spacial score (nSPS) is 12.7. The zero-order valence-corrected chi connectivity index (χ0v) is 10.5. The molecule has 0 fully saturated rings. The van der Waals surface area contributed by atoms with Crippen LogP contribution in [-0.2, 0) is 14.4 Å². The van der Waals surface area contributed by atoms with Crippen molar-refractivity contribution in [3.8, 4) is 0 Å². The lowest BCUT2D eigenvalue weighted by molar-refractivity contribution is -0.148. The van der Waals surface area contributed by atoms with E-state index in [9.17, 15) is 14.4 Å². The molecule has 0 aromatic carbocycles. The van der Waals surface area contributed by atoms with Crippen molar-refractivity contribution < 1.29 is 29.7 Å². The first-order chi connectivity index (χ1) is 8.23. The Morgan fingerprint density at radius 3 is 1.94 bits per heavy atom. The van der Waals surface area contributed by atoms with Crippen LogP contribution in [0.1, 0.15) is 26.7 Å². The number of hydrogen-bond acceptors (Lipinski definition) is 4. The highest BCUT2D eigenvalue weighted by atomic mass is 16.4. The van der Waals surface area contributed by atoms with Crippen molar-refractivity contribution in [2.45, 2.75) is 32.7 Å². The standard InChI is InChI=1S/C11H19NO6/c1-7(2)5-8(11(17)18)12(6-10(15)16)4-3-9(13)14/h7-8H,3-6H2,1-2H3,(H,13,14)(H,15,16)(H,17,18). The largest absolute Gasteiger partial charge is 0.481 e. The molecule has 104 valence electrons. The molecule has 0 spiro atoms. The molecule has 1 atom stereocenters. The van der Waals surface area contributed by atoms with Crippen molar-refractivity contribution in [2.75, 3.05) is 13.1 Å². The van der Waals surface area contributed by atoms with Gasteiger partial charge in [-0.2, -0.15) is 0 Å². The molecule has 0 aromatic rings. The third-order valence-electron chi connectivity index (χ3n) is 2.37. The summed E-state index contributed by atoms with van der Waals surface area (Å²) >= 11 is 0. The molecular formula is C11H19NO6. The van der Waals surface area contributed by atoms with Crippen LogP contribution in [0.3, 0.4) is 0 Å². The second-order valence-electron chi connectivity index (χ2n) is 4.49. The molecule has 3 N–H and O–H groups in total. The third kappa shape index (κ3) is 6.85. The van der Waals surface area contributed by atoms with Gasteiger partial charge in [-0.3, -0.25) is 19.3 Å². The maximum Gasteiger partial charge on any atom is 0.320 e. The van der Waals surface area contributed by atoms with E-state index in [1.165, 1.54) is 4.90 Å². The minimum absolute atomic E-state index is 0.0761. The summed E-state index contributed by atoms with van der Waals surface area (Å²) in [5.41, 5.74) is 0. The van der Waals surface area contributed by atoms with Crippen molar-refractivity contribution in [1.29, 1.82) is 0 Å². The molecule has 0 amide bonds. The van der Waals surface area contributed by atoms with Crippen LogP contribution in [0.2, 0.25) is 0 Å². The van der Waals surface area contributed by atoms with Gasteiger partial charge in [0, 0.05) is 6.54 Å². The quantitative estimate of drug-likeness (QED) is 0.548. The van der Waals surface area contributed by atoms with Crippen molar-refractivity contribution >= 4 is 17.9 Å². The molecular weight excluding hydrogens is 242 g/mol. The van der Waals surface area contributed by atoms with Gasteiger partial charge in [-0.05, 0) is 12.3 Å². The third-order valence-corrected chi connectivity index (χ3v) is 2.37. The molecule has 7 nitrogen and oxygen atoms in total. The summed E-state index contributed by atoms with van der Waals surface area (Å²) in [6, 6.07) is -0.972. The number of aliphatic carboxylic acids is 3. The van der Waals surface area contributed by atoms with Crippen LogP contribution in [0.5, 0.6) is 0 Å². The van der Waals surface area contributed by atoms with E-state index in [0.29, 0.717) is 0 Å². The average Bonchev–Trinajstić information content (AvgIpc) is 2.19. The van der Waals surface area contributed by atoms with Crippen molar-refractivity contribution in [2.24, 2.45) is 5.92 Å². The van der Waals surface area contributed by atoms with E-state index in [1.807, 2.05) is 13.8 Å². The monoisotopic (exact) mass is 261 g/mol. The highest BCUT2D eigenvalue weighted by Crippen LogP contribution is 2.12. The van der Waals surface area contributed by atoms with Crippen molar-refractivity contribution in [1.82, 2.24) is 4.90 Å². The molecule has 0 saturated carbocycles. The van der Waals surface area contributed by atoms with Crippen LogP contribution in [-0.4, -0.2) is 57.3 Å². The van der Waals surface area contributed by atoms with Gasteiger partial charge >= 0.3 is 17.9 Å². The van der Waals surface area contributed by atoms with Gasteiger partial charge < -0.3 is 15.3 Å². The Bertz CT molecular complexity index is 315. The molecule has 0 aliphatic heterocycles. The van der Waals surface area contributed by atoms with E-state index in [1.54, 1.807) is 0 Å². The van der Waals surface area contributed by atoms with Crippen LogP contribution in [0.15, 0.2) is 0 Å². The van der Waals surface area contributed by atoms with E-state index in [-0.39, 0.29) is 25.3 Å². The van der Waals surface area contributed by atoms with Crippen LogP contribution in [0.25, 0.3) is 0 Å². The molecule has 18 heavy (non-hydrogen) atoms. The van der Waals surface area contributed by atoms with E-state index in [2.05, 4.69) is 0 Å². The van der Waals surface area contributed by atoms with Gasteiger partial charge in [0.2, 0.25) is 0 Å². The van der Waals surface area contributed by atoms with E-state index < -0.39 is 30.5 Å². The smallest absolute Gasteiger partial charge is 0.320 e. The van der Waals surface area contributed by atoms with E-state index in [0.717, 1.165) is 0 Å². The maximum atomic E-state index is 11.1. The molecule has 0 bridgehead atoms. The lowest BCUT2D eigenvalue weighted by Crippen LogP contribution is -2.45. The number of rotatable bonds is 9. The van der Waals surface area contributed by atoms with E-state index >= 15 is 0 Å². The molecule has 0 heterocycles. The molecule has 0 aliphatic rings. The molecule has 0 aliphatic carbocycles. The predicted octanol–water partition coefficient (Wildman–Crippen LogP) is 0.347. The van der Waals surface area contributed by atoms with Gasteiger partial charge in [-0.15, -0.1) is 0 Å². The Balaban J connectivity index is 4.78. The fraction of sp³-hybridized carbons (Fsp3) is 0.727. The first kappa shape index (κ1) is 16.4. The number of carboxylic acids is 3. The fourth-order valence-electron chi connectivity index (χ4n) is 1.61. The predicted molar refractivity (Wildman–Crippen MR) is 62.3 cm³/mol. The van der Waals surface area contributed by atoms with Crippen molar-refractivity contribution in [3.05, 3.63) is 0 Å². The Morgan fingerprint density at radius 2 is 1.61 bits per heavy atom. The SMILES string of the molecule is CC(C)CC(C(=O)O)N(CCC(=O)O)CC(=O)O. The lowest BCUT2D eigenvalue weighted by Gasteiger charge is -2.27. The van der Waals surface area contributed by atoms with Gasteiger partial charge in [-0.25, -0.2) is 0 Å². The maximum absolute atomic E-state index is 11.1. The Hall–Kier alpha value is -1.63. The van der Waals surface area contributed by atoms with E-state index in [4.69, 9.17) is 15.3 Å². The van der Waals surface area contributed by atoms with Gasteiger partial charge in [-0.1, -0.05) is 13.8 Å². The summed E-state index contributed by atoms with van der Waals surface area (Å²) in [5, 5.41) is 26.4. The number of carboxylic acid groups (broad SMARTS) is 3. The molecule has 0 rings (SSSR count). The average molecular weight is 261 g/mol. The molecule has 7 heteroatoms. The van der Waals surface area contributed by atoms with Crippen LogP contribution >= 0.6 is 0 Å². The first-order valence-corrected chi connectivity index (χ1v) is 5.64. The molecule has 0 radical (unpaired) electrons. The topological polar surface area (TPSA) is 115 Å². The zero-order valence-electron chi connectivity index (χ0n) is 10.5. The van der Waals surface area contributed by atoms with Crippen molar-refractivity contribution in [3.63, 3.8) is 0 Å². The highest BCUT2D eigenvalue weighted by Gasteiger charge is 2.28. The Labute approximate surface area is 105 Å². The molecule has 0 saturated heterocycles. The lowest BCUT2D eigenvalue weighted by atomic mass is 10.0.